The number of carbonyl (C=O) groups is 1. The van der Waals surface area contributed by atoms with Crippen LogP contribution in [0.5, 0.6) is 0 Å². The predicted molar refractivity (Wildman–Crippen MR) is 105 cm³/mol. The van der Waals surface area contributed by atoms with Gasteiger partial charge in [0, 0.05) is 24.1 Å². The Bertz CT molecular complexity index is 947. The number of nitrogens with one attached hydrogen (secondary N) is 2. The molecule has 2 N–H and O–H groups in total. The molecule has 8 heteroatoms. The van der Waals surface area contributed by atoms with Crippen LogP contribution in [0.3, 0.4) is 0 Å². The third kappa shape index (κ3) is 3.93. The average Bonchev–Trinajstić information content (AvgIpc) is 3.32. The Kier molecular flexibility index (Phi) is 5.16. The van der Waals surface area contributed by atoms with E-state index in [9.17, 15) is 13.2 Å². The summed E-state index contributed by atoms with van der Waals surface area (Å²) < 4.78 is 28.3. The van der Waals surface area contributed by atoms with Crippen molar-refractivity contribution in [1.29, 1.82) is 0 Å². The van der Waals surface area contributed by atoms with Gasteiger partial charge in [-0.2, -0.15) is 0 Å². The van der Waals surface area contributed by atoms with E-state index in [0.717, 1.165) is 12.3 Å². The van der Waals surface area contributed by atoms with Gasteiger partial charge < -0.3 is 5.32 Å². The van der Waals surface area contributed by atoms with E-state index in [4.69, 9.17) is 0 Å². The molecule has 2 bridgehead atoms. The number of carbonyl (C=O) groups excluding carboxylic acids is 1. The molecular formula is C20H24N4O3S. The number of amides is 1. The van der Waals surface area contributed by atoms with Gasteiger partial charge in [-0.15, -0.1) is 0 Å². The molecule has 4 atom stereocenters. The van der Waals surface area contributed by atoms with E-state index in [1.807, 2.05) is 6.92 Å². The van der Waals surface area contributed by atoms with Crippen molar-refractivity contribution >= 4 is 21.6 Å². The molecule has 0 spiro atoms. The first-order valence-corrected chi connectivity index (χ1v) is 11.1. The maximum atomic E-state index is 12.7. The van der Waals surface area contributed by atoms with Crippen molar-refractivity contribution in [3.8, 4) is 0 Å². The molecule has 0 aliphatic heterocycles. The van der Waals surface area contributed by atoms with Crippen LogP contribution in [0.4, 0.5) is 5.69 Å². The average molecular weight is 401 g/mol. The second kappa shape index (κ2) is 7.60. The summed E-state index contributed by atoms with van der Waals surface area (Å²) in [5, 5.41) is 2.68. The van der Waals surface area contributed by atoms with E-state index in [1.54, 1.807) is 12.1 Å². The zero-order valence-electron chi connectivity index (χ0n) is 15.7. The summed E-state index contributed by atoms with van der Waals surface area (Å²) in [6, 6.07) is 6.08. The van der Waals surface area contributed by atoms with Crippen LogP contribution in [-0.4, -0.2) is 30.3 Å². The molecule has 4 rings (SSSR count). The van der Waals surface area contributed by atoms with Crippen molar-refractivity contribution in [2.24, 2.45) is 17.8 Å². The van der Waals surface area contributed by atoms with Gasteiger partial charge in [0.1, 0.15) is 5.69 Å². The summed E-state index contributed by atoms with van der Waals surface area (Å²) in [5.41, 5.74) is 0.691. The third-order valence-electron chi connectivity index (χ3n) is 5.99. The molecule has 2 fully saturated rings. The van der Waals surface area contributed by atoms with Gasteiger partial charge in [-0.05, 0) is 68.2 Å². The van der Waals surface area contributed by atoms with Crippen LogP contribution in [-0.2, 0) is 10.0 Å². The summed E-state index contributed by atoms with van der Waals surface area (Å²) in [5.74, 6) is 1.46. The van der Waals surface area contributed by atoms with Gasteiger partial charge in [-0.3, -0.25) is 9.78 Å². The van der Waals surface area contributed by atoms with E-state index < -0.39 is 15.9 Å². The highest BCUT2D eigenvalue weighted by molar-refractivity contribution is 7.89. The predicted octanol–water partition coefficient (Wildman–Crippen LogP) is 2.83. The molecular weight excluding hydrogens is 376 g/mol. The number of sulfonamides is 1. The minimum Gasteiger partial charge on any atom is -0.321 e. The zero-order valence-corrected chi connectivity index (χ0v) is 16.5. The van der Waals surface area contributed by atoms with E-state index in [2.05, 4.69) is 20.0 Å². The number of anilines is 1. The summed E-state index contributed by atoms with van der Waals surface area (Å²) >= 11 is 0. The van der Waals surface area contributed by atoms with Crippen LogP contribution < -0.4 is 10.0 Å². The lowest BCUT2D eigenvalue weighted by Gasteiger charge is -2.28. The lowest BCUT2D eigenvalue weighted by molar-refractivity contribution is 0.102. The fourth-order valence-electron chi connectivity index (χ4n) is 4.64. The molecule has 2 saturated carbocycles. The van der Waals surface area contributed by atoms with Crippen LogP contribution in [0.25, 0.3) is 0 Å². The molecule has 7 nitrogen and oxygen atoms in total. The smallest absolute Gasteiger partial charge is 0.275 e. The van der Waals surface area contributed by atoms with E-state index >= 15 is 0 Å². The standard InChI is InChI=1S/C20H24N4O3S/c1-13(18-11-14-2-3-15(18)10-14)24-28(26,27)17-6-4-16(5-7-17)23-20(25)19-12-21-8-9-22-19/h4-9,12-15,18,24H,2-3,10-11H2,1H3,(H,23,25)/t13-,14-,15-,18+/m0/s1. The Morgan fingerprint density at radius 2 is 1.93 bits per heavy atom. The lowest BCUT2D eigenvalue weighted by Crippen LogP contribution is -2.40. The fourth-order valence-corrected chi connectivity index (χ4v) is 5.93. The number of benzene rings is 1. The number of hydrogen-bond acceptors (Lipinski definition) is 5. The molecule has 2 aliphatic rings. The minimum absolute atomic E-state index is 0.0728. The summed E-state index contributed by atoms with van der Waals surface area (Å²) in [6.45, 7) is 1.97. The second-order valence-electron chi connectivity index (χ2n) is 7.82. The topological polar surface area (TPSA) is 101 Å². The largest absolute Gasteiger partial charge is 0.321 e. The summed E-state index contributed by atoms with van der Waals surface area (Å²) in [4.78, 5) is 20.1. The first kappa shape index (κ1) is 19.0. The first-order chi connectivity index (χ1) is 13.4. The Morgan fingerprint density at radius 1 is 1.14 bits per heavy atom. The van der Waals surface area contributed by atoms with Gasteiger partial charge in [-0.1, -0.05) is 6.42 Å². The Labute approximate surface area is 165 Å². The molecule has 1 heterocycles. The van der Waals surface area contributed by atoms with E-state index in [-0.39, 0.29) is 16.6 Å². The number of nitrogens with zero attached hydrogens (tertiary/aromatic N) is 2. The quantitative estimate of drug-likeness (QED) is 0.776. The second-order valence-corrected chi connectivity index (χ2v) is 9.53. The van der Waals surface area contributed by atoms with Crippen molar-refractivity contribution in [2.75, 3.05) is 5.32 Å². The molecule has 0 radical (unpaired) electrons. The Balaban J connectivity index is 1.40. The highest BCUT2D eigenvalue weighted by Gasteiger charge is 2.42. The van der Waals surface area contributed by atoms with Gasteiger partial charge >= 0.3 is 0 Å². The van der Waals surface area contributed by atoms with E-state index in [1.165, 1.54) is 50.0 Å². The molecule has 1 amide bonds. The number of fused-ring (bicyclic) bond motifs is 2. The maximum Gasteiger partial charge on any atom is 0.275 e. The fraction of sp³-hybridized carbons (Fsp3) is 0.450. The Hall–Kier alpha value is -2.32. The first-order valence-electron chi connectivity index (χ1n) is 9.62. The minimum atomic E-state index is -3.60. The summed E-state index contributed by atoms with van der Waals surface area (Å²) in [7, 11) is -3.60. The van der Waals surface area contributed by atoms with Crippen LogP contribution in [0.1, 0.15) is 43.1 Å². The molecule has 28 heavy (non-hydrogen) atoms. The van der Waals surface area contributed by atoms with Crippen LogP contribution in [0.2, 0.25) is 0 Å². The van der Waals surface area contributed by atoms with Crippen LogP contribution in [0, 0.1) is 17.8 Å². The molecule has 0 saturated heterocycles. The third-order valence-corrected chi connectivity index (χ3v) is 7.57. The van der Waals surface area contributed by atoms with Crippen molar-refractivity contribution in [2.45, 2.75) is 43.5 Å². The van der Waals surface area contributed by atoms with Crippen molar-refractivity contribution in [3.05, 3.63) is 48.5 Å². The van der Waals surface area contributed by atoms with Gasteiger partial charge in [0.25, 0.3) is 5.91 Å². The normalized spacial score (nSPS) is 24.8. The van der Waals surface area contributed by atoms with Gasteiger partial charge in [0.05, 0.1) is 11.1 Å². The molecule has 2 aromatic rings. The lowest BCUT2D eigenvalue weighted by atomic mass is 9.84. The van der Waals surface area contributed by atoms with Crippen molar-refractivity contribution in [1.82, 2.24) is 14.7 Å². The SMILES string of the molecule is C[C@H](NS(=O)(=O)c1ccc(NC(=O)c2cnccn2)cc1)[C@H]1C[C@H]2CC[C@H]1C2. The highest BCUT2D eigenvalue weighted by Crippen LogP contribution is 2.49. The van der Waals surface area contributed by atoms with Gasteiger partial charge in [0.15, 0.2) is 0 Å². The van der Waals surface area contributed by atoms with Gasteiger partial charge in [0.2, 0.25) is 10.0 Å². The Morgan fingerprint density at radius 3 is 2.54 bits per heavy atom. The molecule has 148 valence electrons. The monoisotopic (exact) mass is 400 g/mol. The van der Waals surface area contributed by atoms with Crippen LogP contribution >= 0.6 is 0 Å². The number of rotatable bonds is 6. The number of aromatic nitrogens is 2. The van der Waals surface area contributed by atoms with Crippen molar-refractivity contribution in [3.63, 3.8) is 0 Å². The highest BCUT2D eigenvalue weighted by atomic mass is 32.2. The van der Waals surface area contributed by atoms with E-state index in [0.29, 0.717) is 17.5 Å². The van der Waals surface area contributed by atoms with Crippen LogP contribution in [0.15, 0.2) is 47.8 Å². The maximum absolute atomic E-state index is 12.7. The molecule has 1 aromatic heterocycles. The number of hydrogen-bond donors (Lipinski definition) is 2. The van der Waals surface area contributed by atoms with Crippen molar-refractivity contribution < 1.29 is 13.2 Å². The zero-order chi connectivity index (χ0) is 19.7. The van der Waals surface area contributed by atoms with Gasteiger partial charge in [-0.25, -0.2) is 18.1 Å². The molecule has 1 aromatic carbocycles. The summed E-state index contributed by atoms with van der Waals surface area (Å²) in [6.07, 6.45) is 9.19. The molecule has 2 aliphatic carbocycles. The molecule has 0 unspecified atom stereocenters.